The number of carbonyl (C=O) groups excluding carboxylic acids is 1. The van der Waals surface area contributed by atoms with Crippen molar-refractivity contribution < 1.29 is 13.9 Å². The molecule has 28 heavy (non-hydrogen) atoms. The molecule has 4 aromatic rings. The van der Waals surface area contributed by atoms with Crippen LogP contribution in [0.3, 0.4) is 0 Å². The van der Waals surface area contributed by atoms with Crippen LogP contribution in [0.5, 0.6) is 5.75 Å². The number of aromatic amines is 1. The van der Waals surface area contributed by atoms with Crippen LogP contribution in [0.15, 0.2) is 51.7 Å². The van der Waals surface area contributed by atoms with Gasteiger partial charge in [0.05, 0.1) is 18.1 Å². The molecule has 2 aromatic carbocycles. The van der Waals surface area contributed by atoms with Gasteiger partial charge in [0.15, 0.2) is 0 Å². The third kappa shape index (κ3) is 3.46. The fourth-order valence-corrected chi connectivity index (χ4v) is 3.23. The summed E-state index contributed by atoms with van der Waals surface area (Å²) in [5.41, 5.74) is 3.42. The summed E-state index contributed by atoms with van der Waals surface area (Å²) in [6.45, 7) is 1.85. The van der Waals surface area contributed by atoms with Crippen molar-refractivity contribution in [1.82, 2.24) is 9.97 Å². The van der Waals surface area contributed by atoms with Crippen molar-refractivity contribution in [3.05, 3.63) is 64.0 Å². The molecule has 2 N–H and O–H groups in total. The number of nitrogens with zero attached hydrogens (tertiary/aromatic N) is 1. The zero-order chi connectivity index (χ0) is 19.7. The summed E-state index contributed by atoms with van der Waals surface area (Å²) >= 11 is 0. The maximum absolute atomic E-state index is 12.4. The van der Waals surface area contributed by atoms with Gasteiger partial charge >= 0.3 is 5.63 Å². The second-order valence-electron chi connectivity index (χ2n) is 6.56. The number of fused-ring (bicyclic) bond motifs is 2. The molecule has 0 spiro atoms. The summed E-state index contributed by atoms with van der Waals surface area (Å²) in [5, 5.41) is 3.62. The van der Waals surface area contributed by atoms with E-state index >= 15 is 0 Å². The molecule has 142 valence electrons. The Hall–Kier alpha value is -3.61. The lowest BCUT2D eigenvalue weighted by Gasteiger charge is -2.11. The largest absolute Gasteiger partial charge is 0.496 e. The summed E-state index contributed by atoms with van der Waals surface area (Å²) in [5.74, 6) is 0.851. The van der Waals surface area contributed by atoms with Gasteiger partial charge in [0, 0.05) is 23.9 Å². The minimum atomic E-state index is -0.398. The number of aryl methyl sites for hydroxylation is 2. The standard InChI is InChI=1S/C21H19N3O4/c1-12-9-20(26)28-18-11-17(27-2)13(10-14(12)18)7-8-19(25)24-21-22-15-5-3-4-6-16(15)23-21/h3-6,9-11H,7-8H2,1-2H3,(H2,22,23,24,25). The van der Waals surface area contributed by atoms with E-state index in [1.54, 1.807) is 13.2 Å². The van der Waals surface area contributed by atoms with Gasteiger partial charge in [-0.3, -0.25) is 10.1 Å². The molecule has 2 aromatic heterocycles. The average molecular weight is 377 g/mol. The topological polar surface area (TPSA) is 97.2 Å². The number of hydrogen-bond donors (Lipinski definition) is 2. The smallest absolute Gasteiger partial charge is 0.336 e. The van der Waals surface area contributed by atoms with Crippen molar-refractivity contribution in [3.63, 3.8) is 0 Å². The summed E-state index contributed by atoms with van der Waals surface area (Å²) in [4.78, 5) is 31.4. The molecule has 1 amide bonds. The Morgan fingerprint density at radius 1 is 1.25 bits per heavy atom. The summed E-state index contributed by atoms with van der Waals surface area (Å²) in [7, 11) is 1.55. The highest BCUT2D eigenvalue weighted by molar-refractivity contribution is 5.91. The third-order valence-electron chi connectivity index (χ3n) is 4.62. The number of anilines is 1. The quantitative estimate of drug-likeness (QED) is 0.518. The Morgan fingerprint density at radius 3 is 2.86 bits per heavy atom. The zero-order valence-corrected chi connectivity index (χ0v) is 15.5. The Kier molecular flexibility index (Phi) is 4.57. The van der Waals surface area contributed by atoms with E-state index in [9.17, 15) is 9.59 Å². The van der Waals surface area contributed by atoms with E-state index in [2.05, 4.69) is 15.3 Å². The van der Waals surface area contributed by atoms with Crippen molar-refractivity contribution in [2.45, 2.75) is 19.8 Å². The van der Waals surface area contributed by atoms with Gasteiger partial charge in [-0.2, -0.15) is 0 Å². The summed E-state index contributed by atoms with van der Waals surface area (Å²) in [6.07, 6.45) is 0.735. The fourth-order valence-electron chi connectivity index (χ4n) is 3.23. The molecule has 2 heterocycles. The highest BCUT2D eigenvalue weighted by Crippen LogP contribution is 2.28. The molecule has 7 heteroatoms. The molecule has 0 radical (unpaired) electrons. The SMILES string of the molecule is COc1cc2oc(=O)cc(C)c2cc1CCC(=O)Nc1nc2ccccc2[nH]1. The monoisotopic (exact) mass is 377 g/mol. The molecule has 0 atom stereocenters. The zero-order valence-electron chi connectivity index (χ0n) is 15.5. The van der Waals surface area contributed by atoms with Gasteiger partial charge < -0.3 is 14.1 Å². The Balaban J connectivity index is 1.52. The van der Waals surface area contributed by atoms with Crippen LogP contribution in [-0.2, 0) is 11.2 Å². The van der Waals surface area contributed by atoms with Gasteiger partial charge in [0.2, 0.25) is 11.9 Å². The predicted octanol–water partition coefficient (Wildman–Crippen LogP) is 3.56. The van der Waals surface area contributed by atoms with Gasteiger partial charge in [-0.25, -0.2) is 9.78 Å². The molecule has 7 nitrogen and oxygen atoms in total. The number of aromatic nitrogens is 2. The number of H-pyrrole nitrogens is 1. The van der Waals surface area contributed by atoms with Gasteiger partial charge in [-0.15, -0.1) is 0 Å². The fraction of sp³-hybridized carbons (Fsp3) is 0.190. The lowest BCUT2D eigenvalue weighted by atomic mass is 10.0. The van der Waals surface area contributed by atoms with Crippen LogP contribution in [0.2, 0.25) is 0 Å². The molecular weight excluding hydrogens is 358 g/mol. The van der Waals surface area contributed by atoms with Crippen molar-refractivity contribution in [2.75, 3.05) is 12.4 Å². The Bertz CT molecular complexity index is 1210. The van der Waals surface area contributed by atoms with Crippen molar-refractivity contribution in [2.24, 2.45) is 0 Å². The van der Waals surface area contributed by atoms with E-state index < -0.39 is 5.63 Å². The normalized spacial score (nSPS) is 11.1. The van der Waals surface area contributed by atoms with Crippen molar-refractivity contribution in [1.29, 1.82) is 0 Å². The molecule has 0 aliphatic rings. The number of hydrogen-bond acceptors (Lipinski definition) is 5. The van der Waals surface area contributed by atoms with Crippen LogP contribution in [0.4, 0.5) is 5.95 Å². The van der Waals surface area contributed by atoms with E-state index in [1.807, 2.05) is 37.3 Å². The van der Waals surface area contributed by atoms with E-state index in [1.165, 1.54) is 6.07 Å². The van der Waals surface area contributed by atoms with Crippen LogP contribution in [0, 0.1) is 6.92 Å². The Morgan fingerprint density at radius 2 is 2.07 bits per heavy atom. The lowest BCUT2D eigenvalue weighted by molar-refractivity contribution is -0.116. The molecule has 0 aliphatic carbocycles. The second kappa shape index (κ2) is 7.19. The van der Waals surface area contributed by atoms with Gasteiger partial charge in [-0.1, -0.05) is 12.1 Å². The first-order valence-electron chi connectivity index (χ1n) is 8.89. The predicted molar refractivity (Wildman–Crippen MR) is 107 cm³/mol. The number of methoxy groups -OCH3 is 1. The molecule has 0 bridgehead atoms. The van der Waals surface area contributed by atoms with Crippen LogP contribution in [0.1, 0.15) is 17.5 Å². The number of ether oxygens (including phenoxy) is 1. The van der Waals surface area contributed by atoms with Crippen LogP contribution >= 0.6 is 0 Å². The van der Waals surface area contributed by atoms with Gasteiger partial charge in [0.25, 0.3) is 0 Å². The minimum absolute atomic E-state index is 0.155. The number of amides is 1. The van der Waals surface area contributed by atoms with Crippen LogP contribution in [0.25, 0.3) is 22.0 Å². The van der Waals surface area contributed by atoms with Crippen molar-refractivity contribution in [3.8, 4) is 5.75 Å². The highest BCUT2D eigenvalue weighted by Gasteiger charge is 2.13. The number of nitrogens with one attached hydrogen (secondary N) is 2. The lowest BCUT2D eigenvalue weighted by Crippen LogP contribution is -2.13. The van der Waals surface area contributed by atoms with E-state index in [0.717, 1.165) is 27.5 Å². The number of imidazole rings is 1. The number of para-hydroxylation sites is 2. The van der Waals surface area contributed by atoms with E-state index in [4.69, 9.17) is 9.15 Å². The first kappa shape index (κ1) is 17.8. The number of rotatable bonds is 5. The van der Waals surface area contributed by atoms with Crippen molar-refractivity contribution >= 4 is 33.9 Å². The molecule has 0 fully saturated rings. The average Bonchev–Trinajstić information content (AvgIpc) is 3.07. The first-order valence-corrected chi connectivity index (χ1v) is 8.89. The molecule has 0 aliphatic heterocycles. The molecule has 0 unspecified atom stereocenters. The molecule has 4 rings (SSSR count). The first-order chi connectivity index (χ1) is 13.5. The molecule has 0 saturated heterocycles. The number of carbonyl (C=O) groups is 1. The van der Waals surface area contributed by atoms with Gasteiger partial charge in [0.1, 0.15) is 11.3 Å². The maximum atomic E-state index is 12.4. The molecule has 0 saturated carbocycles. The maximum Gasteiger partial charge on any atom is 0.336 e. The van der Waals surface area contributed by atoms with Gasteiger partial charge in [-0.05, 0) is 42.7 Å². The number of benzene rings is 2. The minimum Gasteiger partial charge on any atom is -0.496 e. The highest BCUT2D eigenvalue weighted by atomic mass is 16.5. The second-order valence-corrected chi connectivity index (χ2v) is 6.56. The van der Waals surface area contributed by atoms with E-state index in [0.29, 0.717) is 23.7 Å². The third-order valence-corrected chi connectivity index (χ3v) is 4.62. The van der Waals surface area contributed by atoms with E-state index in [-0.39, 0.29) is 12.3 Å². The van der Waals surface area contributed by atoms with Crippen LogP contribution < -0.4 is 15.7 Å². The summed E-state index contributed by atoms with van der Waals surface area (Å²) < 4.78 is 10.7. The van der Waals surface area contributed by atoms with Crippen LogP contribution in [-0.4, -0.2) is 23.0 Å². The Labute approximate surface area is 160 Å². The summed E-state index contributed by atoms with van der Waals surface area (Å²) in [6, 6.07) is 12.6. The molecular formula is C21H19N3O4.